The van der Waals surface area contributed by atoms with Gasteiger partial charge in [-0.15, -0.1) is 0 Å². The highest BCUT2D eigenvalue weighted by molar-refractivity contribution is 5.89. The van der Waals surface area contributed by atoms with Crippen LogP contribution in [0.2, 0.25) is 0 Å². The molecule has 3 heterocycles. The second-order valence-corrected chi connectivity index (χ2v) is 5.46. The third-order valence-electron chi connectivity index (χ3n) is 3.89. The van der Waals surface area contributed by atoms with Crippen molar-refractivity contribution in [2.45, 2.75) is 25.9 Å². The molecule has 0 spiro atoms. The number of hydrogen-bond acceptors (Lipinski definition) is 6. The molecule has 23 heavy (non-hydrogen) atoms. The van der Waals surface area contributed by atoms with Crippen LogP contribution in [-0.4, -0.2) is 45.0 Å². The number of rotatable bonds is 3. The Kier molecular flexibility index (Phi) is 3.72. The number of nitrogens with two attached hydrogens (primary N) is 1. The minimum absolute atomic E-state index is 0.0484. The van der Waals surface area contributed by atoms with Crippen LogP contribution in [0.5, 0.6) is 0 Å². The molecule has 0 bridgehead atoms. The van der Waals surface area contributed by atoms with E-state index in [0.717, 1.165) is 12.5 Å². The molecule has 2 aromatic heterocycles. The highest BCUT2D eigenvalue weighted by Gasteiger charge is 2.25. The number of carboxylic acids is 1. The first-order valence-corrected chi connectivity index (χ1v) is 7.27. The number of fused-ring (bicyclic) bond motifs is 1. The maximum absolute atomic E-state index is 14.4. The number of aromatic carboxylic acids is 1. The molecule has 1 fully saturated rings. The van der Waals surface area contributed by atoms with E-state index in [1.54, 1.807) is 11.8 Å². The fraction of sp³-hybridized carbons (Fsp3) is 0.429. The van der Waals surface area contributed by atoms with Crippen LogP contribution < -0.4 is 16.1 Å². The van der Waals surface area contributed by atoms with E-state index >= 15 is 0 Å². The molecular weight excluding hydrogens is 305 g/mol. The Bertz CT molecular complexity index is 850. The standard InChI is InChI=1S/C14H16FN5O3/c1-2-20-12-8(11(21)10(18-20)14(22)23)5-9(15)13(17-12)19-4-3-7(16)6-19/h5,7H,2-4,6,16H2,1H3,(H,22,23). The molecule has 0 radical (unpaired) electrons. The van der Waals surface area contributed by atoms with Crippen molar-refractivity contribution in [3.8, 4) is 0 Å². The second-order valence-electron chi connectivity index (χ2n) is 5.46. The monoisotopic (exact) mass is 321 g/mol. The van der Waals surface area contributed by atoms with Gasteiger partial charge in [0.05, 0.1) is 5.39 Å². The number of aromatic nitrogens is 3. The van der Waals surface area contributed by atoms with Crippen molar-refractivity contribution in [1.82, 2.24) is 14.8 Å². The van der Waals surface area contributed by atoms with Crippen LogP contribution in [0.1, 0.15) is 23.8 Å². The quantitative estimate of drug-likeness (QED) is 0.829. The van der Waals surface area contributed by atoms with Crippen molar-refractivity contribution in [3.63, 3.8) is 0 Å². The maximum atomic E-state index is 14.4. The van der Waals surface area contributed by atoms with Crippen molar-refractivity contribution in [2.24, 2.45) is 5.73 Å². The summed E-state index contributed by atoms with van der Waals surface area (Å²) in [5.74, 6) is -2.01. The lowest BCUT2D eigenvalue weighted by atomic mass is 10.2. The summed E-state index contributed by atoms with van der Waals surface area (Å²) in [4.78, 5) is 29.2. The molecule has 3 rings (SSSR count). The molecule has 122 valence electrons. The van der Waals surface area contributed by atoms with Crippen molar-refractivity contribution in [1.29, 1.82) is 0 Å². The van der Waals surface area contributed by atoms with Crippen LogP contribution in [0.25, 0.3) is 11.0 Å². The van der Waals surface area contributed by atoms with Crippen molar-refractivity contribution in [3.05, 3.63) is 27.8 Å². The largest absolute Gasteiger partial charge is 0.476 e. The van der Waals surface area contributed by atoms with Crippen LogP contribution in [-0.2, 0) is 6.54 Å². The number of carbonyl (C=O) groups is 1. The topological polar surface area (TPSA) is 114 Å². The summed E-state index contributed by atoms with van der Waals surface area (Å²) in [5, 5.41) is 12.8. The molecule has 1 saturated heterocycles. The second kappa shape index (κ2) is 5.58. The number of hydrogen-bond donors (Lipinski definition) is 2. The fourth-order valence-corrected chi connectivity index (χ4v) is 2.74. The molecule has 1 aliphatic rings. The Morgan fingerprint density at radius 1 is 1.57 bits per heavy atom. The zero-order chi connectivity index (χ0) is 16.7. The van der Waals surface area contributed by atoms with Gasteiger partial charge in [-0.05, 0) is 19.4 Å². The minimum atomic E-state index is -1.45. The number of anilines is 1. The predicted molar refractivity (Wildman–Crippen MR) is 81.2 cm³/mol. The Morgan fingerprint density at radius 3 is 2.87 bits per heavy atom. The summed E-state index contributed by atoms with van der Waals surface area (Å²) >= 11 is 0. The molecule has 1 atom stereocenters. The predicted octanol–water partition coefficient (Wildman–Crippen LogP) is 0.186. The molecule has 1 aliphatic heterocycles. The summed E-state index contributed by atoms with van der Waals surface area (Å²) < 4.78 is 15.7. The normalized spacial score (nSPS) is 17.9. The summed E-state index contributed by atoms with van der Waals surface area (Å²) in [6.45, 7) is 3.09. The van der Waals surface area contributed by atoms with E-state index in [4.69, 9.17) is 10.8 Å². The number of pyridine rings is 1. The molecular formula is C14H16FN5O3. The number of carboxylic acid groups (broad SMARTS) is 1. The molecule has 0 saturated carbocycles. The van der Waals surface area contributed by atoms with E-state index < -0.39 is 22.9 Å². The maximum Gasteiger partial charge on any atom is 0.360 e. The van der Waals surface area contributed by atoms with Gasteiger partial charge in [-0.25, -0.2) is 18.9 Å². The van der Waals surface area contributed by atoms with Gasteiger partial charge >= 0.3 is 5.97 Å². The number of nitrogens with zero attached hydrogens (tertiary/aromatic N) is 4. The number of halogens is 1. The van der Waals surface area contributed by atoms with Gasteiger partial charge in [-0.1, -0.05) is 0 Å². The molecule has 2 aromatic rings. The zero-order valence-electron chi connectivity index (χ0n) is 12.5. The molecule has 0 aromatic carbocycles. The molecule has 3 N–H and O–H groups in total. The lowest BCUT2D eigenvalue weighted by Crippen LogP contribution is -2.29. The smallest absolute Gasteiger partial charge is 0.360 e. The van der Waals surface area contributed by atoms with Gasteiger partial charge in [0.15, 0.2) is 17.3 Å². The Hall–Kier alpha value is -2.55. The SMILES string of the molecule is CCn1nc(C(=O)O)c(=O)c2cc(F)c(N3CCC(N)C3)nc21. The van der Waals surface area contributed by atoms with Gasteiger partial charge in [-0.2, -0.15) is 5.10 Å². The van der Waals surface area contributed by atoms with Crippen LogP contribution in [0.15, 0.2) is 10.9 Å². The molecule has 1 unspecified atom stereocenters. The van der Waals surface area contributed by atoms with Crippen LogP contribution in [0.4, 0.5) is 10.2 Å². The average Bonchev–Trinajstić information content (AvgIpc) is 2.93. The van der Waals surface area contributed by atoms with Gasteiger partial charge in [0.25, 0.3) is 0 Å². The van der Waals surface area contributed by atoms with Gasteiger partial charge < -0.3 is 15.7 Å². The number of aryl methyl sites for hydroxylation is 1. The minimum Gasteiger partial charge on any atom is -0.476 e. The lowest BCUT2D eigenvalue weighted by molar-refractivity contribution is 0.0686. The van der Waals surface area contributed by atoms with Crippen molar-refractivity contribution in [2.75, 3.05) is 18.0 Å². The third kappa shape index (κ3) is 2.52. The summed E-state index contributed by atoms with van der Waals surface area (Å²) in [5.41, 5.74) is 4.52. The van der Waals surface area contributed by atoms with E-state index in [1.807, 2.05) is 0 Å². The highest BCUT2D eigenvalue weighted by Crippen LogP contribution is 2.23. The average molecular weight is 321 g/mol. The zero-order valence-corrected chi connectivity index (χ0v) is 12.5. The van der Waals surface area contributed by atoms with Crippen molar-refractivity contribution >= 4 is 22.8 Å². The summed E-state index contributed by atoms with van der Waals surface area (Å²) in [6.07, 6.45) is 0.732. The third-order valence-corrected chi connectivity index (χ3v) is 3.89. The molecule has 0 amide bonds. The van der Waals surface area contributed by atoms with E-state index in [0.29, 0.717) is 19.6 Å². The van der Waals surface area contributed by atoms with Crippen LogP contribution in [0, 0.1) is 5.82 Å². The van der Waals surface area contributed by atoms with Gasteiger partial charge in [-0.3, -0.25) is 4.79 Å². The summed E-state index contributed by atoms with van der Waals surface area (Å²) in [7, 11) is 0. The van der Waals surface area contributed by atoms with E-state index in [2.05, 4.69) is 10.1 Å². The highest BCUT2D eigenvalue weighted by atomic mass is 19.1. The van der Waals surface area contributed by atoms with Gasteiger partial charge in [0.2, 0.25) is 11.1 Å². The molecule has 0 aliphatic carbocycles. The first-order chi connectivity index (χ1) is 10.9. The Morgan fingerprint density at radius 2 is 2.30 bits per heavy atom. The van der Waals surface area contributed by atoms with Crippen LogP contribution >= 0.6 is 0 Å². The first kappa shape index (κ1) is 15.3. The van der Waals surface area contributed by atoms with Gasteiger partial charge in [0.1, 0.15) is 0 Å². The Labute approximate surface area is 130 Å². The lowest BCUT2D eigenvalue weighted by Gasteiger charge is -2.18. The first-order valence-electron chi connectivity index (χ1n) is 7.27. The molecule has 8 nitrogen and oxygen atoms in total. The summed E-state index contributed by atoms with van der Waals surface area (Å²) in [6, 6.07) is 0.984. The Balaban J connectivity index is 2.25. The van der Waals surface area contributed by atoms with Crippen molar-refractivity contribution < 1.29 is 14.3 Å². The van der Waals surface area contributed by atoms with E-state index in [9.17, 15) is 14.0 Å². The van der Waals surface area contributed by atoms with Gasteiger partial charge in [0, 0.05) is 25.7 Å². The fourth-order valence-electron chi connectivity index (χ4n) is 2.74. The molecule has 9 heteroatoms. The van der Waals surface area contributed by atoms with E-state index in [1.165, 1.54) is 4.68 Å². The van der Waals surface area contributed by atoms with E-state index in [-0.39, 0.29) is 22.9 Å². The van der Waals surface area contributed by atoms with Crippen LogP contribution in [0.3, 0.4) is 0 Å².